The van der Waals surface area contributed by atoms with E-state index in [9.17, 15) is 5.11 Å². The second kappa shape index (κ2) is 9.36. The summed E-state index contributed by atoms with van der Waals surface area (Å²) in [5, 5.41) is 10.7. The summed E-state index contributed by atoms with van der Waals surface area (Å²) in [4.78, 5) is 2.25. The van der Waals surface area contributed by atoms with Gasteiger partial charge in [0, 0.05) is 19.1 Å². The number of aliphatic hydroxyl groups excluding tert-OH is 1. The molecule has 1 heterocycles. The van der Waals surface area contributed by atoms with Gasteiger partial charge >= 0.3 is 0 Å². The third-order valence-corrected chi connectivity index (χ3v) is 4.89. The summed E-state index contributed by atoms with van der Waals surface area (Å²) in [6.07, 6.45) is -1.08. The van der Waals surface area contributed by atoms with Crippen LogP contribution in [0.1, 0.15) is 31.9 Å². The largest absolute Gasteiger partial charge is 0.379 e. The summed E-state index contributed by atoms with van der Waals surface area (Å²) in [6.45, 7) is 7.67. The summed E-state index contributed by atoms with van der Waals surface area (Å²) >= 11 is 0. The van der Waals surface area contributed by atoms with Crippen molar-refractivity contribution >= 4 is 0 Å². The Balaban J connectivity index is 1.71. The molecular formula is C24H29NO3. The highest BCUT2D eigenvalue weighted by Gasteiger charge is 2.31. The number of rotatable bonds is 6. The zero-order valence-corrected chi connectivity index (χ0v) is 16.8. The Hall–Kier alpha value is -2.16. The van der Waals surface area contributed by atoms with Crippen LogP contribution < -0.4 is 0 Å². The maximum absolute atomic E-state index is 10.7. The molecule has 1 N–H and O–H groups in total. The molecule has 0 saturated carbocycles. The molecule has 0 unspecified atom stereocenters. The standard InChI is InChI=1S/C24H29NO3/c1-19(23(26)15-14-22-18-27-24(2,3)28-22)25(16-20-10-6-4-7-11-20)17-21-12-8-5-9-13-21/h4-13,19,22-23,26H,16-18H2,1-3H3/t19-,22-,23-/m0/s1. The second-order valence-corrected chi connectivity index (χ2v) is 7.67. The molecule has 3 atom stereocenters. The van der Waals surface area contributed by atoms with E-state index in [2.05, 4.69) is 41.0 Å². The fourth-order valence-electron chi connectivity index (χ4n) is 3.24. The van der Waals surface area contributed by atoms with E-state index in [0.29, 0.717) is 6.61 Å². The summed E-state index contributed by atoms with van der Waals surface area (Å²) in [5.41, 5.74) is 2.42. The molecule has 0 aliphatic carbocycles. The molecule has 1 aliphatic heterocycles. The van der Waals surface area contributed by atoms with Gasteiger partial charge in [0.05, 0.1) is 6.61 Å². The minimum absolute atomic E-state index is 0.136. The van der Waals surface area contributed by atoms with Gasteiger partial charge in [-0.1, -0.05) is 72.5 Å². The van der Waals surface area contributed by atoms with Gasteiger partial charge < -0.3 is 14.6 Å². The fraction of sp³-hybridized carbons (Fsp3) is 0.417. The van der Waals surface area contributed by atoms with Crippen LogP contribution in [0.3, 0.4) is 0 Å². The van der Waals surface area contributed by atoms with E-state index >= 15 is 0 Å². The zero-order valence-electron chi connectivity index (χ0n) is 16.8. The van der Waals surface area contributed by atoms with Crippen LogP contribution in [0, 0.1) is 11.8 Å². The first-order valence-electron chi connectivity index (χ1n) is 9.76. The van der Waals surface area contributed by atoms with Crippen LogP contribution in [0.2, 0.25) is 0 Å². The number of hydrogen-bond acceptors (Lipinski definition) is 4. The molecule has 0 amide bonds. The number of aliphatic hydroxyl groups is 1. The van der Waals surface area contributed by atoms with Crippen LogP contribution in [0.4, 0.5) is 0 Å². The van der Waals surface area contributed by atoms with Crippen molar-refractivity contribution in [3.63, 3.8) is 0 Å². The minimum Gasteiger partial charge on any atom is -0.379 e. The highest BCUT2D eigenvalue weighted by atomic mass is 16.7. The van der Waals surface area contributed by atoms with E-state index in [1.807, 2.05) is 57.2 Å². The third-order valence-electron chi connectivity index (χ3n) is 4.89. The van der Waals surface area contributed by atoms with Gasteiger partial charge in [-0.2, -0.15) is 0 Å². The Labute approximate surface area is 168 Å². The average Bonchev–Trinajstić information content (AvgIpc) is 3.05. The molecule has 4 nitrogen and oxygen atoms in total. The Morgan fingerprint density at radius 1 is 1.04 bits per heavy atom. The van der Waals surface area contributed by atoms with Crippen molar-refractivity contribution in [1.29, 1.82) is 0 Å². The van der Waals surface area contributed by atoms with Gasteiger partial charge in [0.25, 0.3) is 0 Å². The lowest BCUT2D eigenvalue weighted by atomic mass is 10.1. The summed E-state index contributed by atoms with van der Waals surface area (Å²) in [7, 11) is 0. The van der Waals surface area contributed by atoms with Gasteiger partial charge in [0.2, 0.25) is 0 Å². The summed E-state index contributed by atoms with van der Waals surface area (Å²) in [6, 6.07) is 20.5. The predicted molar refractivity (Wildman–Crippen MR) is 110 cm³/mol. The van der Waals surface area contributed by atoms with Crippen molar-refractivity contribution in [2.24, 2.45) is 0 Å². The highest BCUT2D eigenvalue weighted by molar-refractivity contribution is 5.19. The van der Waals surface area contributed by atoms with Crippen LogP contribution in [-0.2, 0) is 22.6 Å². The zero-order chi connectivity index (χ0) is 20.0. The van der Waals surface area contributed by atoms with Gasteiger partial charge in [-0.25, -0.2) is 0 Å². The summed E-state index contributed by atoms with van der Waals surface area (Å²) < 4.78 is 11.2. The van der Waals surface area contributed by atoms with Crippen molar-refractivity contribution in [1.82, 2.24) is 4.90 Å². The molecule has 0 spiro atoms. The molecule has 2 aromatic rings. The topological polar surface area (TPSA) is 41.9 Å². The van der Waals surface area contributed by atoms with Gasteiger partial charge in [0.15, 0.2) is 5.79 Å². The molecule has 1 fully saturated rings. The monoisotopic (exact) mass is 379 g/mol. The molecular weight excluding hydrogens is 350 g/mol. The quantitative estimate of drug-likeness (QED) is 0.779. The first kappa shape index (κ1) is 20.6. The first-order valence-corrected chi connectivity index (χ1v) is 9.76. The maximum atomic E-state index is 10.7. The molecule has 4 heteroatoms. The van der Waals surface area contributed by atoms with Crippen molar-refractivity contribution in [3.8, 4) is 11.8 Å². The minimum atomic E-state index is -0.778. The molecule has 1 aliphatic rings. The van der Waals surface area contributed by atoms with Crippen LogP contribution in [-0.4, -0.2) is 40.7 Å². The first-order chi connectivity index (χ1) is 13.4. The Morgan fingerprint density at radius 3 is 2.04 bits per heavy atom. The molecule has 1 saturated heterocycles. The molecule has 28 heavy (non-hydrogen) atoms. The van der Waals surface area contributed by atoms with Gasteiger partial charge in [-0.3, -0.25) is 4.90 Å². The fourth-order valence-corrected chi connectivity index (χ4v) is 3.24. The predicted octanol–water partition coefficient (Wildman–Crippen LogP) is 3.59. The molecule has 0 bridgehead atoms. The Kier molecular flexibility index (Phi) is 6.88. The average molecular weight is 380 g/mol. The van der Waals surface area contributed by atoms with Crippen molar-refractivity contribution in [2.45, 2.75) is 57.9 Å². The third kappa shape index (κ3) is 5.92. The molecule has 3 rings (SSSR count). The van der Waals surface area contributed by atoms with Gasteiger partial charge in [-0.05, 0) is 31.9 Å². The lowest BCUT2D eigenvalue weighted by Gasteiger charge is -2.30. The van der Waals surface area contributed by atoms with Gasteiger partial charge in [0.1, 0.15) is 12.2 Å². The lowest BCUT2D eigenvalue weighted by molar-refractivity contribution is -0.132. The van der Waals surface area contributed by atoms with E-state index in [4.69, 9.17) is 9.47 Å². The Morgan fingerprint density at radius 2 is 1.57 bits per heavy atom. The van der Waals surface area contributed by atoms with E-state index in [-0.39, 0.29) is 12.1 Å². The summed E-state index contributed by atoms with van der Waals surface area (Å²) in [5.74, 6) is 5.39. The number of hydrogen-bond donors (Lipinski definition) is 1. The van der Waals surface area contributed by atoms with Crippen molar-refractivity contribution in [3.05, 3.63) is 71.8 Å². The highest BCUT2D eigenvalue weighted by Crippen LogP contribution is 2.22. The smallest absolute Gasteiger partial charge is 0.164 e. The van der Waals surface area contributed by atoms with E-state index < -0.39 is 11.9 Å². The maximum Gasteiger partial charge on any atom is 0.164 e. The second-order valence-electron chi connectivity index (χ2n) is 7.67. The molecule has 2 aromatic carbocycles. The molecule has 0 aromatic heterocycles. The van der Waals surface area contributed by atoms with E-state index in [0.717, 1.165) is 13.1 Å². The number of nitrogens with zero attached hydrogens (tertiary/aromatic N) is 1. The van der Waals surface area contributed by atoms with Crippen LogP contribution in [0.5, 0.6) is 0 Å². The van der Waals surface area contributed by atoms with E-state index in [1.165, 1.54) is 11.1 Å². The van der Waals surface area contributed by atoms with Crippen LogP contribution in [0.25, 0.3) is 0 Å². The van der Waals surface area contributed by atoms with Crippen molar-refractivity contribution in [2.75, 3.05) is 6.61 Å². The van der Waals surface area contributed by atoms with Crippen molar-refractivity contribution < 1.29 is 14.6 Å². The van der Waals surface area contributed by atoms with Crippen LogP contribution in [0.15, 0.2) is 60.7 Å². The molecule has 0 radical (unpaired) electrons. The number of benzene rings is 2. The lowest BCUT2D eigenvalue weighted by Crippen LogP contribution is -2.40. The molecule has 148 valence electrons. The SMILES string of the molecule is C[C@@H]([C@@H](O)C#C[C@H]1COC(C)(C)O1)N(Cc1ccccc1)Cc1ccccc1. The Bertz CT molecular complexity index is 753. The van der Waals surface area contributed by atoms with Gasteiger partial charge in [-0.15, -0.1) is 0 Å². The van der Waals surface area contributed by atoms with E-state index in [1.54, 1.807) is 0 Å². The normalized spacial score (nSPS) is 20.4. The van der Waals surface area contributed by atoms with Crippen LogP contribution >= 0.6 is 0 Å². The number of ether oxygens (including phenoxy) is 2.